The van der Waals surface area contributed by atoms with Crippen molar-refractivity contribution in [3.05, 3.63) is 332 Å². The maximum absolute atomic E-state index is 6.38. The number of hydrogen-bond donors (Lipinski definition) is 0. The van der Waals surface area contributed by atoms with Crippen molar-refractivity contribution in [1.82, 2.24) is 4.57 Å². The lowest BCUT2D eigenvalue weighted by Crippen LogP contribution is -2.27. The van der Waals surface area contributed by atoms with Crippen LogP contribution in [0.2, 0.25) is 0 Å². The van der Waals surface area contributed by atoms with Crippen molar-refractivity contribution in [2.24, 2.45) is 5.92 Å². The molecule has 1 aliphatic carbocycles. The first-order valence-electron chi connectivity index (χ1n) is 34.4. The van der Waals surface area contributed by atoms with Gasteiger partial charge in [-0.2, -0.15) is 0 Å². The first-order valence-corrected chi connectivity index (χ1v) is 34.4. The first-order chi connectivity index (χ1) is 47.4. The van der Waals surface area contributed by atoms with E-state index in [1.54, 1.807) is 0 Å². The molecule has 0 radical (unpaired) electrons. The summed E-state index contributed by atoms with van der Waals surface area (Å²) < 4.78 is 21.1. The normalized spacial score (nSPS) is 13.4. The van der Waals surface area contributed by atoms with E-state index in [0.29, 0.717) is 25.7 Å². The highest BCUT2D eigenvalue weighted by molar-refractivity contribution is 6.11. The van der Waals surface area contributed by atoms with Crippen molar-refractivity contribution in [3.8, 4) is 67.4 Å². The van der Waals surface area contributed by atoms with Gasteiger partial charge in [0, 0.05) is 38.9 Å². The maximum atomic E-state index is 6.38. The van der Waals surface area contributed by atoms with E-state index in [2.05, 4.69) is 296 Å². The number of unbranched alkanes of at least 4 members (excludes halogenated alkanes) is 4. The molecule has 0 saturated carbocycles. The van der Waals surface area contributed by atoms with Crippen LogP contribution in [0.5, 0.6) is 17.2 Å². The molecule has 0 fully saturated rings. The van der Waals surface area contributed by atoms with E-state index in [4.69, 9.17) is 14.2 Å². The fraction of sp³-hybridized carbons (Fsp3) is 0.165. The summed E-state index contributed by atoms with van der Waals surface area (Å²) in [5.74, 6) is 3.16. The lowest BCUT2D eigenvalue weighted by atomic mass is 9.69. The molecule has 14 rings (SSSR count). The summed E-state index contributed by atoms with van der Waals surface area (Å²) in [6, 6.07) is 106. The van der Waals surface area contributed by atoms with Crippen LogP contribution >= 0.6 is 0 Å². The molecule has 2 atom stereocenters. The van der Waals surface area contributed by atoms with Crippen molar-refractivity contribution < 1.29 is 14.2 Å². The van der Waals surface area contributed by atoms with E-state index in [0.717, 1.165) is 131 Å². The molecule has 13 aromatic rings. The predicted octanol–water partition coefficient (Wildman–Crippen LogP) is 24.5. The number of aromatic nitrogens is 1. The summed E-state index contributed by atoms with van der Waals surface area (Å²) in [4.78, 5) is 2.46. The molecule has 12 aromatic carbocycles. The summed E-state index contributed by atoms with van der Waals surface area (Å²) in [5, 5.41) is 2.41. The Bertz CT molecular complexity index is 4750. The van der Waals surface area contributed by atoms with Gasteiger partial charge in [-0.05, 0) is 226 Å². The van der Waals surface area contributed by atoms with Gasteiger partial charge in [-0.3, -0.25) is 0 Å². The molecule has 0 N–H and O–H groups in total. The van der Waals surface area contributed by atoms with Gasteiger partial charge in [-0.25, -0.2) is 0 Å². The number of ether oxygens (including phenoxy) is 3. The number of nitrogens with zero attached hydrogens (tertiary/aromatic N) is 2. The van der Waals surface area contributed by atoms with Crippen LogP contribution in [0.25, 0.3) is 84.2 Å². The van der Waals surface area contributed by atoms with Crippen LogP contribution < -0.4 is 19.1 Å². The largest absolute Gasteiger partial charge is 0.494 e. The molecule has 0 bridgehead atoms. The third kappa shape index (κ3) is 13.3. The minimum Gasteiger partial charge on any atom is -0.494 e. The Morgan fingerprint density at radius 1 is 0.396 bits per heavy atom. The quantitative estimate of drug-likeness (QED) is 0.0458. The number of fused-ring (bicyclic) bond motifs is 6. The summed E-state index contributed by atoms with van der Waals surface area (Å²) in [6.45, 7) is 12.2. The molecule has 0 aliphatic heterocycles. The Hall–Kier alpha value is -10.9. The van der Waals surface area contributed by atoms with Crippen molar-refractivity contribution >= 4 is 51.0 Å². The zero-order valence-corrected chi connectivity index (χ0v) is 55.0. The van der Waals surface area contributed by atoms with Crippen LogP contribution in [-0.2, 0) is 5.41 Å². The molecular formula is C91H82N2O3. The molecule has 0 amide bonds. The number of anilines is 3. The summed E-state index contributed by atoms with van der Waals surface area (Å²) in [6.07, 6.45) is 13.2. The van der Waals surface area contributed by atoms with Gasteiger partial charge in [0.1, 0.15) is 17.2 Å². The molecular weight excluding hydrogens is 1170 g/mol. The van der Waals surface area contributed by atoms with Crippen LogP contribution in [0, 0.1) is 5.92 Å². The molecule has 1 aromatic heterocycles. The minimum absolute atomic E-state index is 0.361. The molecule has 0 spiro atoms. The highest BCUT2D eigenvalue weighted by atomic mass is 16.5. The maximum Gasteiger partial charge on any atom is 0.119 e. The highest BCUT2D eigenvalue weighted by Gasteiger charge is 2.44. The summed E-state index contributed by atoms with van der Waals surface area (Å²) >= 11 is 0. The second-order valence-electron chi connectivity index (χ2n) is 25.5. The van der Waals surface area contributed by atoms with E-state index in [1.807, 2.05) is 36.4 Å². The van der Waals surface area contributed by atoms with Gasteiger partial charge in [0.05, 0.1) is 30.9 Å². The van der Waals surface area contributed by atoms with Crippen LogP contribution in [-0.4, -0.2) is 24.4 Å². The van der Waals surface area contributed by atoms with E-state index in [-0.39, 0.29) is 5.41 Å². The average molecular weight is 1250 g/mol. The van der Waals surface area contributed by atoms with Gasteiger partial charge in [0.2, 0.25) is 0 Å². The van der Waals surface area contributed by atoms with Crippen LogP contribution in [0.3, 0.4) is 0 Å². The van der Waals surface area contributed by atoms with Crippen LogP contribution in [0.15, 0.2) is 304 Å². The van der Waals surface area contributed by atoms with Gasteiger partial charge >= 0.3 is 0 Å². The molecule has 1 heterocycles. The van der Waals surface area contributed by atoms with Crippen LogP contribution in [0.4, 0.5) is 17.1 Å². The molecule has 2 unspecified atom stereocenters. The van der Waals surface area contributed by atoms with Gasteiger partial charge in [-0.1, -0.05) is 233 Å². The van der Waals surface area contributed by atoms with Crippen molar-refractivity contribution in [3.63, 3.8) is 0 Å². The lowest BCUT2D eigenvalue weighted by Gasteiger charge is -2.34. The van der Waals surface area contributed by atoms with E-state index in [1.165, 1.54) is 60.8 Å². The number of benzene rings is 12. The van der Waals surface area contributed by atoms with E-state index >= 15 is 0 Å². The molecule has 96 heavy (non-hydrogen) atoms. The SMILES string of the molecule is C=Cc1ccc(OCCCCCCOc2ccc(-n3c4ccc(-c5ccccc5)cc4c4cc(-c5ccc(N(c6ccc(-c7ccccc7)cc6)c6ccc7c(c6)C(CCCCC(CC)COc6ccc(C=C)cc6)(c6ccccc6)c6ccccc6-7)cc5)ccc43)cc2)cc1. The Kier molecular flexibility index (Phi) is 19.0. The fourth-order valence-corrected chi connectivity index (χ4v) is 14.4. The Labute approximate surface area is 566 Å². The van der Waals surface area contributed by atoms with Crippen molar-refractivity contribution in [2.45, 2.75) is 70.1 Å². The van der Waals surface area contributed by atoms with E-state index in [9.17, 15) is 0 Å². The fourth-order valence-electron chi connectivity index (χ4n) is 14.4. The smallest absolute Gasteiger partial charge is 0.119 e. The predicted molar refractivity (Wildman–Crippen MR) is 404 cm³/mol. The zero-order valence-electron chi connectivity index (χ0n) is 55.0. The van der Waals surface area contributed by atoms with Gasteiger partial charge < -0.3 is 23.7 Å². The summed E-state index contributed by atoms with van der Waals surface area (Å²) in [5.41, 5.74) is 22.3. The second-order valence-corrected chi connectivity index (χ2v) is 25.5. The van der Waals surface area contributed by atoms with E-state index < -0.39 is 0 Å². The topological polar surface area (TPSA) is 35.9 Å². The van der Waals surface area contributed by atoms with Gasteiger partial charge in [0.25, 0.3) is 0 Å². The van der Waals surface area contributed by atoms with Gasteiger partial charge in [0.15, 0.2) is 0 Å². The first kappa shape index (κ1) is 62.6. The Morgan fingerprint density at radius 2 is 0.854 bits per heavy atom. The molecule has 474 valence electrons. The lowest BCUT2D eigenvalue weighted by molar-refractivity contribution is 0.232. The third-order valence-electron chi connectivity index (χ3n) is 19.6. The highest BCUT2D eigenvalue weighted by Crippen LogP contribution is 2.57. The average Bonchev–Trinajstić information content (AvgIpc) is 1.55. The molecule has 5 heteroatoms. The monoisotopic (exact) mass is 1250 g/mol. The van der Waals surface area contributed by atoms with Gasteiger partial charge in [-0.15, -0.1) is 0 Å². The summed E-state index contributed by atoms with van der Waals surface area (Å²) in [7, 11) is 0. The zero-order chi connectivity index (χ0) is 65.1. The standard InChI is InChI=1S/C91H82N2O3/c1-4-66-33-50-80(51-34-66)94-60-22-7-8-23-61-95-81-54-47-78(48-55-81)93-89-57-41-73(70-27-14-10-15-28-70)62-85(89)86-63-74(42-58-90(86)93)72-39-45-77(46-40-72)92(76-43-37-71(38-44-76)69-25-12-9-13-26-69)79-49-56-84-83-31-18-19-32-87(83)91(88(84)64-79,75-29-16-11-17-30-75)59-21-20-24-68(6-3)65-96-82-52-35-67(5-2)36-53-82/h4-5,9-19,25-58,62-64,68H,1-2,6-8,20-24,59-61,65H2,3H3. The molecule has 5 nitrogen and oxygen atoms in total. The molecule has 1 aliphatic rings. The minimum atomic E-state index is -0.361. The second kappa shape index (κ2) is 29.2. The van der Waals surface area contributed by atoms with Crippen LogP contribution in [0.1, 0.15) is 92.5 Å². The third-order valence-corrected chi connectivity index (χ3v) is 19.6. The Morgan fingerprint density at radius 3 is 1.41 bits per heavy atom. The Balaban J connectivity index is 0.761. The molecule has 0 saturated heterocycles. The van der Waals surface area contributed by atoms with Crippen molar-refractivity contribution in [1.29, 1.82) is 0 Å². The number of rotatable bonds is 28. The number of hydrogen-bond acceptors (Lipinski definition) is 4. The van der Waals surface area contributed by atoms with Crippen molar-refractivity contribution in [2.75, 3.05) is 24.7 Å².